The van der Waals surface area contributed by atoms with Gasteiger partial charge in [0.2, 0.25) is 29.5 Å². The van der Waals surface area contributed by atoms with E-state index in [1.807, 2.05) is 41.5 Å². The number of nitrogens with one attached hydrogen (secondary N) is 2. The van der Waals surface area contributed by atoms with E-state index < -0.39 is 88.9 Å². The Kier molecular flexibility index (Phi) is 18.0. The summed E-state index contributed by atoms with van der Waals surface area (Å²) >= 11 is 0. The summed E-state index contributed by atoms with van der Waals surface area (Å²) in [5.74, 6) is -6.98. The molecule has 9 atom stereocenters. The van der Waals surface area contributed by atoms with Crippen LogP contribution in [0.4, 0.5) is 4.39 Å². The van der Waals surface area contributed by atoms with Gasteiger partial charge >= 0.3 is 11.6 Å². The number of ether oxygens (including phenoxy) is 2. The SMILES string of the molecule is C#[N+][C@@]1(C(OC)[C@@H](C)C(=O)N[C@@H](Cc2ccccc2F)C(=O)O)CC23CC2(C3)N1C(=O)C[C@@H](OC)[C@H]([C@@H](C)CC)N(C)C(=O)[C@@H](NC(=O)[C@H](C(C)C)N(C)C(=O)CCCCCN1C(=O)C=CC1=O)C(C)C. The fourth-order valence-electron chi connectivity index (χ4n) is 11.4. The van der Waals surface area contributed by atoms with Gasteiger partial charge in [0.05, 0.1) is 36.4 Å². The zero-order valence-electron chi connectivity index (χ0n) is 43.2. The number of hydrogen-bond acceptors (Lipinski definition) is 10. The third-order valence-corrected chi connectivity index (χ3v) is 15.7. The van der Waals surface area contributed by atoms with E-state index in [1.165, 1.54) is 54.4 Å². The topological polar surface area (TPSA) is 217 Å². The van der Waals surface area contributed by atoms with Gasteiger partial charge < -0.3 is 35.0 Å². The summed E-state index contributed by atoms with van der Waals surface area (Å²) in [6, 6.07) is 1.62. The van der Waals surface area contributed by atoms with Gasteiger partial charge in [0, 0.05) is 65.3 Å². The number of hydrogen-bond donors (Lipinski definition) is 3. The number of piperidine rings is 2. The van der Waals surface area contributed by atoms with Gasteiger partial charge in [-0.2, -0.15) is 0 Å². The number of halogens is 1. The smallest absolute Gasteiger partial charge is 0.385 e. The minimum Gasteiger partial charge on any atom is -0.480 e. The van der Waals surface area contributed by atoms with Crippen LogP contribution in [0.5, 0.6) is 0 Å². The lowest BCUT2D eigenvalue weighted by Crippen LogP contribution is -2.63. The van der Waals surface area contributed by atoms with E-state index in [4.69, 9.17) is 16.0 Å². The molecule has 3 N–H and O–H groups in total. The minimum atomic E-state index is -1.53. The van der Waals surface area contributed by atoms with Crippen molar-refractivity contribution in [2.45, 2.75) is 160 Å². The monoisotopic (exact) mass is 993 g/mol. The number of carboxylic acid groups (broad SMARTS) is 1. The zero-order valence-corrected chi connectivity index (χ0v) is 43.2. The van der Waals surface area contributed by atoms with Crippen molar-refractivity contribution < 1.29 is 57.3 Å². The predicted octanol–water partition coefficient (Wildman–Crippen LogP) is 4.40. The molecule has 19 heteroatoms. The summed E-state index contributed by atoms with van der Waals surface area (Å²) < 4.78 is 26.7. The van der Waals surface area contributed by atoms with Crippen molar-refractivity contribution in [3.05, 3.63) is 52.6 Å². The number of carboxylic acids is 1. The van der Waals surface area contributed by atoms with Crippen molar-refractivity contribution in [2.24, 2.45) is 29.1 Å². The van der Waals surface area contributed by atoms with E-state index in [1.54, 1.807) is 32.0 Å². The number of carbonyl (C=O) groups is 8. The van der Waals surface area contributed by atoms with Crippen LogP contribution in [0.3, 0.4) is 0 Å². The van der Waals surface area contributed by atoms with Crippen LogP contribution in [0.25, 0.3) is 4.85 Å². The quantitative estimate of drug-likeness (QED) is 0.0830. The lowest BCUT2D eigenvalue weighted by molar-refractivity contribution is -0.156. The Bertz CT molecular complexity index is 2260. The average molecular weight is 993 g/mol. The number of benzene rings is 1. The molecule has 1 aromatic rings. The second kappa shape index (κ2) is 22.8. The Morgan fingerprint density at radius 2 is 1.51 bits per heavy atom. The molecule has 390 valence electrons. The molecule has 0 bridgehead atoms. The number of methoxy groups -OCH3 is 2. The van der Waals surface area contributed by atoms with Crippen LogP contribution in [-0.2, 0) is 54.3 Å². The van der Waals surface area contributed by atoms with Gasteiger partial charge in [-0.05, 0) is 55.1 Å². The van der Waals surface area contributed by atoms with Gasteiger partial charge in [-0.3, -0.25) is 43.4 Å². The summed E-state index contributed by atoms with van der Waals surface area (Å²) in [7, 11) is 6.02. The van der Waals surface area contributed by atoms with Gasteiger partial charge in [-0.25, -0.2) is 9.18 Å². The van der Waals surface area contributed by atoms with Crippen LogP contribution in [0.1, 0.15) is 112 Å². The summed E-state index contributed by atoms with van der Waals surface area (Å²) in [6.45, 7) is 19.2. The summed E-state index contributed by atoms with van der Waals surface area (Å²) in [5.41, 5.74) is -2.29. The first-order chi connectivity index (χ1) is 33.4. The number of carbonyl (C=O) groups excluding carboxylic acids is 7. The molecule has 2 aliphatic carbocycles. The highest BCUT2D eigenvalue weighted by molar-refractivity contribution is 6.12. The summed E-state index contributed by atoms with van der Waals surface area (Å²) in [6.07, 6.45) is 3.98. The van der Waals surface area contributed by atoms with Crippen LogP contribution in [0.15, 0.2) is 36.4 Å². The molecule has 1 aromatic carbocycles. The molecule has 4 aliphatic rings. The molecule has 7 amide bonds. The number of imide groups is 1. The number of likely N-dealkylation sites (tertiary alicyclic amines) is 1. The Morgan fingerprint density at radius 1 is 0.873 bits per heavy atom. The van der Waals surface area contributed by atoms with Crippen molar-refractivity contribution in [1.82, 2.24) is 30.2 Å². The average Bonchev–Trinajstić information content (AvgIpc) is 4.03. The standard InChI is InChI=1S/C52H74FN7O11/c1-13-32(6)44(58(10)48(67)42(30(2)3)56-47(66)43(31(4)5)57(9)38(61)21-15-14-18-24-59-39(62)22-23-40(59)63)37(70-11)26-41(64)60-51-27-50(51,28-51)29-52(60,54-8)45(71-12)33(7)46(65)55-36(49(68)69)25-34-19-16-17-20-35(34)53/h8,16-17,19-20,22-23,30-33,36-37,42-45H,13-15,18,21,24-29H2,1-7,9-12H3,(H2-,55,56,65,66,68,69)/p+1/t32-,33+,36-,37+,42-,43-,44-,45?,50?,51?,52-/m0/s1. The Hall–Kier alpha value is -5.74. The molecule has 0 spiro atoms. The van der Waals surface area contributed by atoms with Crippen molar-refractivity contribution in [2.75, 3.05) is 34.9 Å². The molecule has 18 nitrogen and oxygen atoms in total. The second-order valence-corrected chi connectivity index (χ2v) is 20.9. The molecular weight excluding hydrogens is 918 g/mol. The normalized spacial score (nSPS) is 24.2. The number of aliphatic carboxylic acids is 1. The highest BCUT2D eigenvalue weighted by Crippen LogP contribution is 2.89. The van der Waals surface area contributed by atoms with Gasteiger partial charge in [0.25, 0.3) is 18.4 Å². The Morgan fingerprint density at radius 3 is 2.04 bits per heavy atom. The van der Waals surface area contributed by atoms with Crippen molar-refractivity contribution >= 4 is 47.3 Å². The van der Waals surface area contributed by atoms with Crippen LogP contribution < -0.4 is 10.6 Å². The van der Waals surface area contributed by atoms with E-state index >= 15 is 4.79 Å². The number of unbranched alkanes of at least 4 members (excludes halogenated alkanes) is 2. The van der Waals surface area contributed by atoms with E-state index in [0.717, 1.165) is 4.90 Å². The number of amides is 7. The molecule has 1 saturated heterocycles. The Balaban J connectivity index is 1.30. The molecule has 2 saturated carbocycles. The molecule has 2 heterocycles. The van der Waals surface area contributed by atoms with Crippen LogP contribution >= 0.6 is 0 Å². The molecule has 71 heavy (non-hydrogen) atoms. The van der Waals surface area contributed by atoms with E-state index in [2.05, 4.69) is 15.5 Å². The molecule has 1 unspecified atom stereocenters. The second-order valence-electron chi connectivity index (χ2n) is 20.9. The highest BCUT2D eigenvalue weighted by atomic mass is 19.1. The lowest BCUT2D eigenvalue weighted by Gasteiger charge is -2.42. The van der Waals surface area contributed by atoms with E-state index in [0.29, 0.717) is 44.9 Å². The molecule has 5 rings (SSSR count). The van der Waals surface area contributed by atoms with Crippen LogP contribution in [0.2, 0.25) is 0 Å². The van der Waals surface area contributed by atoms with Gasteiger partial charge in [-0.1, -0.05) is 84.4 Å². The number of likely N-dealkylation sites (N-methyl/N-ethyl adjacent to an activating group) is 2. The first-order valence-corrected chi connectivity index (χ1v) is 24.9. The minimum absolute atomic E-state index is 0.111. The summed E-state index contributed by atoms with van der Waals surface area (Å²) in [5, 5.41) is 15.5. The fraction of sp³-hybridized carbons (Fsp3) is 0.673. The molecule has 3 fully saturated rings. The first kappa shape index (κ1) is 56.2. The highest BCUT2D eigenvalue weighted by Gasteiger charge is 2.98. The molecule has 2 aliphatic heterocycles. The van der Waals surface area contributed by atoms with Crippen molar-refractivity contribution in [3.63, 3.8) is 0 Å². The van der Waals surface area contributed by atoms with E-state index in [9.17, 15) is 43.1 Å². The van der Waals surface area contributed by atoms with Crippen molar-refractivity contribution in [1.29, 1.82) is 0 Å². The number of rotatable bonds is 27. The first-order valence-electron chi connectivity index (χ1n) is 24.9. The van der Waals surface area contributed by atoms with Crippen molar-refractivity contribution in [3.8, 4) is 6.57 Å². The summed E-state index contributed by atoms with van der Waals surface area (Å²) in [4.78, 5) is 117. The molecular formula is C52H75FN7O11+. The third-order valence-electron chi connectivity index (χ3n) is 15.7. The largest absolute Gasteiger partial charge is 0.480 e. The zero-order chi connectivity index (χ0) is 52.9. The molecule has 0 radical (unpaired) electrons. The fourth-order valence-corrected chi connectivity index (χ4v) is 11.4. The Labute approximate surface area is 417 Å². The van der Waals surface area contributed by atoms with E-state index in [-0.39, 0.29) is 72.3 Å². The number of nitrogens with zero attached hydrogens (tertiary/aromatic N) is 5. The lowest BCUT2D eigenvalue weighted by atomic mass is 9.83. The van der Waals surface area contributed by atoms with Crippen LogP contribution in [-0.4, -0.2) is 154 Å². The maximum Gasteiger partial charge on any atom is 0.385 e. The van der Waals surface area contributed by atoms with Gasteiger partial charge in [0.1, 0.15) is 23.9 Å². The predicted molar refractivity (Wildman–Crippen MR) is 260 cm³/mol. The molecule has 0 aromatic heterocycles. The maximum absolute atomic E-state index is 15.0. The van der Waals surface area contributed by atoms with Crippen LogP contribution in [0, 0.1) is 41.5 Å². The third kappa shape index (κ3) is 11.3. The maximum atomic E-state index is 15.0. The van der Waals surface area contributed by atoms with Gasteiger partial charge in [0.15, 0.2) is 6.10 Å². The van der Waals surface area contributed by atoms with Gasteiger partial charge in [-0.15, -0.1) is 0 Å².